The van der Waals surface area contributed by atoms with Gasteiger partial charge < -0.3 is 10.0 Å². The largest absolute Gasteiger partial charge is 0.481 e. The summed E-state index contributed by atoms with van der Waals surface area (Å²) < 4.78 is 1.40. The molecule has 0 saturated carbocycles. The average molecular weight is 391 g/mol. The molecule has 1 fully saturated rings. The summed E-state index contributed by atoms with van der Waals surface area (Å²) in [6.07, 6.45) is 9.11. The molecule has 0 amide bonds. The standard InChI is InChI=1S/C21H21N5O3/c27-19(28)9-12-26-18(24-17-6-2-1-5-16(17)20(26)29)8-7-15-13-22-21(23-14-15)25-10-3-4-11-25/h1-2,5-8,13-14H,3-4,9-12H2,(H,27,28)/b8-7+. The number of nitrogens with zero attached hydrogens (tertiary/aromatic N) is 5. The first-order valence-corrected chi connectivity index (χ1v) is 9.58. The summed E-state index contributed by atoms with van der Waals surface area (Å²) in [5, 5.41) is 9.49. The van der Waals surface area contributed by atoms with Crippen LogP contribution in [0.5, 0.6) is 0 Å². The molecular weight excluding hydrogens is 370 g/mol. The molecule has 1 saturated heterocycles. The molecule has 4 rings (SSSR count). The van der Waals surface area contributed by atoms with Crippen molar-refractivity contribution in [2.45, 2.75) is 25.8 Å². The Morgan fingerprint density at radius 1 is 1.10 bits per heavy atom. The Labute approximate surface area is 167 Å². The van der Waals surface area contributed by atoms with Crippen LogP contribution >= 0.6 is 0 Å². The number of aromatic nitrogens is 4. The quantitative estimate of drug-likeness (QED) is 0.689. The second kappa shape index (κ2) is 8.22. The van der Waals surface area contributed by atoms with Crippen molar-refractivity contribution in [2.24, 2.45) is 0 Å². The number of benzene rings is 1. The van der Waals surface area contributed by atoms with E-state index in [1.54, 1.807) is 42.7 Å². The number of carbonyl (C=O) groups is 1. The number of rotatable bonds is 6. The maximum Gasteiger partial charge on any atom is 0.305 e. The Morgan fingerprint density at radius 3 is 2.55 bits per heavy atom. The average Bonchev–Trinajstić information content (AvgIpc) is 3.27. The second-order valence-electron chi connectivity index (χ2n) is 6.93. The number of carboxylic acids is 1. The van der Waals surface area contributed by atoms with Crippen LogP contribution in [0.1, 0.15) is 30.7 Å². The normalized spacial score (nSPS) is 14.1. The lowest BCUT2D eigenvalue weighted by molar-refractivity contribution is -0.137. The van der Waals surface area contributed by atoms with Gasteiger partial charge in [0.25, 0.3) is 5.56 Å². The number of carboxylic acid groups (broad SMARTS) is 1. The monoisotopic (exact) mass is 391 g/mol. The fourth-order valence-corrected chi connectivity index (χ4v) is 3.40. The topological polar surface area (TPSA) is 101 Å². The van der Waals surface area contributed by atoms with Gasteiger partial charge in [-0.05, 0) is 37.1 Å². The molecule has 0 aliphatic carbocycles. The molecule has 148 valence electrons. The van der Waals surface area contributed by atoms with Crippen LogP contribution in [0.3, 0.4) is 0 Å². The fraction of sp³-hybridized carbons (Fsp3) is 0.286. The van der Waals surface area contributed by atoms with Crippen molar-refractivity contribution >= 4 is 35.0 Å². The van der Waals surface area contributed by atoms with E-state index in [1.165, 1.54) is 4.57 Å². The van der Waals surface area contributed by atoms with Crippen LogP contribution in [-0.4, -0.2) is 43.7 Å². The Hall–Kier alpha value is -3.55. The van der Waals surface area contributed by atoms with E-state index < -0.39 is 5.97 Å². The van der Waals surface area contributed by atoms with Gasteiger partial charge in [0.2, 0.25) is 5.95 Å². The van der Waals surface area contributed by atoms with Crippen LogP contribution in [0.2, 0.25) is 0 Å². The zero-order valence-corrected chi connectivity index (χ0v) is 15.9. The molecule has 0 atom stereocenters. The fourth-order valence-electron chi connectivity index (χ4n) is 3.40. The van der Waals surface area contributed by atoms with Crippen molar-refractivity contribution in [3.8, 4) is 0 Å². The highest BCUT2D eigenvalue weighted by Gasteiger charge is 2.14. The van der Waals surface area contributed by atoms with E-state index in [-0.39, 0.29) is 18.5 Å². The molecular formula is C21H21N5O3. The summed E-state index contributed by atoms with van der Waals surface area (Å²) in [7, 11) is 0. The van der Waals surface area contributed by atoms with Gasteiger partial charge >= 0.3 is 5.97 Å². The van der Waals surface area contributed by atoms with Gasteiger partial charge in [0.05, 0.1) is 17.3 Å². The third-order valence-corrected chi connectivity index (χ3v) is 4.91. The van der Waals surface area contributed by atoms with Gasteiger partial charge in [-0.2, -0.15) is 0 Å². The molecule has 0 radical (unpaired) electrons. The first-order valence-electron chi connectivity index (χ1n) is 9.58. The van der Waals surface area contributed by atoms with Crippen molar-refractivity contribution in [2.75, 3.05) is 18.0 Å². The van der Waals surface area contributed by atoms with Crippen LogP contribution in [0.4, 0.5) is 5.95 Å². The number of hydrogen-bond donors (Lipinski definition) is 1. The smallest absolute Gasteiger partial charge is 0.305 e. The maximum atomic E-state index is 12.8. The molecule has 0 unspecified atom stereocenters. The highest BCUT2D eigenvalue weighted by Crippen LogP contribution is 2.16. The van der Waals surface area contributed by atoms with E-state index in [2.05, 4.69) is 19.9 Å². The first kappa shape index (κ1) is 18.8. The third kappa shape index (κ3) is 4.16. The van der Waals surface area contributed by atoms with Crippen molar-refractivity contribution < 1.29 is 9.90 Å². The van der Waals surface area contributed by atoms with Crippen LogP contribution in [0, 0.1) is 0 Å². The minimum Gasteiger partial charge on any atom is -0.481 e. The highest BCUT2D eigenvalue weighted by molar-refractivity contribution is 5.79. The lowest BCUT2D eigenvalue weighted by Crippen LogP contribution is -2.25. The van der Waals surface area contributed by atoms with Gasteiger partial charge in [0.15, 0.2) is 0 Å². The number of hydrogen-bond acceptors (Lipinski definition) is 6. The summed E-state index contributed by atoms with van der Waals surface area (Å²) in [5.41, 5.74) is 1.10. The predicted molar refractivity (Wildman–Crippen MR) is 111 cm³/mol. The van der Waals surface area contributed by atoms with Gasteiger partial charge in [0.1, 0.15) is 5.82 Å². The van der Waals surface area contributed by atoms with Gasteiger partial charge in [-0.15, -0.1) is 0 Å². The molecule has 0 bridgehead atoms. The van der Waals surface area contributed by atoms with Crippen molar-refractivity contribution in [1.82, 2.24) is 19.5 Å². The Bertz CT molecular complexity index is 1120. The molecule has 8 nitrogen and oxygen atoms in total. The molecule has 1 aliphatic heterocycles. The lowest BCUT2D eigenvalue weighted by Gasteiger charge is -2.14. The molecule has 3 heterocycles. The molecule has 0 spiro atoms. The van der Waals surface area contributed by atoms with Crippen molar-refractivity contribution in [3.63, 3.8) is 0 Å². The summed E-state index contributed by atoms with van der Waals surface area (Å²) in [4.78, 5) is 39.4. The van der Waals surface area contributed by atoms with Crippen LogP contribution in [0.15, 0.2) is 41.5 Å². The predicted octanol–water partition coefficient (Wildman–Crippen LogP) is 2.43. The minimum absolute atomic E-state index is 0.0517. The van der Waals surface area contributed by atoms with E-state index >= 15 is 0 Å². The van der Waals surface area contributed by atoms with Crippen LogP contribution in [0.25, 0.3) is 23.1 Å². The molecule has 3 aromatic rings. The van der Waals surface area contributed by atoms with Crippen molar-refractivity contribution in [1.29, 1.82) is 0 Å². The zero-order valence-electron chi connectivity index (χ0n) is 15.9. The lowest BCUT2D eigenvalue weighted by atomic mass is 10.2. The van der Waals surface area contributed by atoms with Gasteiger partial charge in [-0.1, -0.05) is 12.1 Å². The van der Waals surface area contributed by atoms with E-state index in [9.17, 15) is 9.59 Å². The number of fused-ring (bicyclic) bond motifs is 1. The number of aliphatic carboxylic acids is 1. The molecule has 1 aromatic carbocycles. The van der Waals surface area contributed by atoms with Crippen LogP contribution < -0.4 is 10.5 Å². The Morgan fingerprint density at radius 2 is 1.83 bits per heavy atom. The van der Waals surface area contributed by atoms with E-state index in [0.717, 1.165) is 37.4 Å². The van der Waals surface area contributed by atoms with Gasteiger partial charge in [-0.3, -0.25) is 14.2 Å². The maximum absolute atomic E-state index is 12.8. The summed E-state index contributed by atoms with van der Waals surface area (Å²) >= 11 is 0. The second-order valence-corrected chi connectivity index (χ2v) is 6.93. The van der Waals surface area contributed by atoms with E-state index in [1.807, 2.05) is 6.07 Å². The first-order chi connectivity index (χ1) is 14.1. The van der Waals surface area contributed by atoms with Gasteiger partial charge in [-0.25, -0.2) is 15.0 Å². The van der Waals surface area contributed by atoms with Gasteiger partial charge in [0, 0.05) is 37.6 Å². The highest BCUT2D eigenvalue weighted by atomic mass is 16.4. The number of para-hydroxylation sites is 1. The van der Waals surface area contributed by atoms with Crippen LogP contribution in [-0.2, 0) is 11.3 Å². The molecule has 8 heteroatoms. The molecule has 1 aliphatic rings. The third-order valence-electron chi connectivity index (χ3n) is 4.91. The SMILES string of the molecule is O=C(O)CCn1c(/C=C/c2cnc(N3CCCC3)nc2)nc2ccccc2c1=O. The molecule has 1 N–H and O–H groups in total. The summed E-state index contributed by atoms with van der Waals surface area (Å²) in [6.45, 7) is 2.01. The zero-order chi connectivity index (χ0) is 20.2. The van der Waals surface area contributed by atoms with Crippen molar-refractivity contribution in [3.05, 3.63) is 58.4 Å². The minimum atomic E-state index is -0.967. The van der Waals surface area contributed by atoms with E-state index in [4.69, 9.17) is 5.11 Å². The molecule has 2 aromatic heterocycles. The number of anilines is 1. The summed E-state index contributed by atoms with van der Waals surface area (Å²) in [6, 6.07) is 7.04. The Balaban J connectivity index is 1.65. The Kier molecular flexibility index (Phi) is 5.33. The van der Waals surface area contributed by atoms with E-state index in [0.29, 0.717) is 16.7 Å². The summed E-state index contributed by atoms with van der Waals surface area (Å²) in [5.74, 6) is 0.159. The molecule has 29 heavy (non-hydrogen) atoms.